The Bertz CT molecular complexity index is 575. The number of para-hydroxylation sites is 1. The molecule has 2 aromatic rings. The number of benzene rings is 1. The topological polar surface area (TPSA) is 66.0 Å². The van der Waals surface area contributed by atoms with Gasteiger partial charge in [0.2, 0.25) is 0 Å². The zero-order valence-electron chi connectivity index (χ0n) is 12.0. The maximum atomic E-state index is 11.1. The quantitative estimate of drug-likeness (QED) is 0.710. The van der Waals surface area contributed by atoms with Gasteiger partial charge in [-0.25, -0.2) is 9.78 Å². The minimum absolute atomic E-state index is 0.271. The van der Waals surface area contributed by atoms with E-state index in [0.29, 0.717) is 5.52 Å². The number of imidazole rings is 1. The van der Waals surface area contributed by atoms with Gasteiger partial charge in [0, 0.05) is 6.42 Å². The van der Waals surface area contributed by atoms with Crippen LogP contribution in [0.25, 0.3) is 11.0 Å². The van der Waals surface area contributed by atoms with E-state index in [9.17, 15) is 4.79 Å². The van der Waals surface area contributed by atoms with Crippen LogP contribution in [-0.2, 0) is 6.42 Å². The third-order valence-corrected chi connectivity index (χ3v) is 3.56. The van der Waals surface area contributed by atoms with Gasteiger partial charge >= 0.3 is 5.97 Å². The molecule has 0 aliphatic rings. The fourth-order valence-corrected chi connectivity index (χ4v) is 2.45. The number of aryl methyl sites for hydroxylation is 1. The molecule has 2 N–H and O–H groups in total. The van der Waals surface area contributed by atoms with Gasteiger partial charge < -0.3 is 10.1 Å². The predicted molar refractivity (Wildman–Crippen MR) is 80.1 cm³/mol. The summed E-state index contributed by atoms with van der Waals surface area (Å²) in [4.78, 5) is 18.8. The summed E-state index contributed by atoms with van der Waals surface area (Å²) in [5, 5.41) is 9.13. The highest BCUT2D eigenvalue weighted by molar-refractivity contribution is 6.00. The van der Waals surface area contributed by atoms with E-state index >= 15 is 0 Å². The van der Waals surface area contributed by atoms with Crippen molar-refractivity contribution >= 4 is 17.0 Å². The standard InChI is InChI=1S/C16H22N2O2/c1-2-3-4-5-6-7-11-14-17-13-10-8-9-12(16(19)20)15(13)18-14/h8-10H,2-7,11H2,1H3,(H,17,18)(H,19,20). The van der Waals surface area contributed by atoms with E-state index in [1.54, 1.807) is 12.1 Å². The van der Waals surface area contributed by atoms with Gasteiger partial charge in [-0.3, -0.25) is 0 Å². The molecule has 0 bridgehead atoms. The fraction of sp³-hybridized carbons (Fsp3) is 0.500. The van der Waals surface area contributed by atoms with E-state index in [0.717, 1.165) is 24.2 Å². The number of aromatic nitrogens is 2. The largest absolute Gasteiger partial charge is 0.478 e. The average Bonchev–Trinajstić information content (AvgIpc) is 2.84. The highest BCUT2D eigenvalue weighted by atomic mass is 16.4. The lowest BCUT2D eigenvalue weighted by atomic mass is 10.1. The second kappa shape index (κ2) is 7.08. The van der Waals surface area contributed by atoms with E-state index < -0.39 is 5.97 Å². The molecule has 20 heavy (non-hydrogen) atoms. The van der Waals surface area contributed by atoms with Gasteiger partial charge in [-0.15, -0.1) is 0 Å². The van der Waals surface area contributed by atoms with Crippen molar-refractivity contribution in [2.75, 3.05) is 0 Å². The molecule has 4 nitrogen and oxygen atoms in total. The molecule has 0 amide bonds. The number of unbranched alkanes of at least 4 members (excludes halogenated alkanes) is 5. The third kappa shape index (κ3) is 3.59. The smallest absolute Gasteiger partial charge is 0.337 e. The average molecular weight is 274 g/mol. The van der Waals surface area contributed by atoms with Gasteiger partial charge in [0.1, 0.15) is 11.3 Å². The molecule has 0 radical (unpaired) electrons. The first-order valence-corrected chi connectivity index (χ1v) is 7.43. The first kappa shape index (κ1) is 14.6. The molecule has 1 aromatic heterocycles. The Labute approximate surface area is 119 Å². The number of nitrogens with one attached hydrogen (secondary N) is 1. The Morgan fingerprint density at radius 1 is 1.20 bits per heavy atom. The number of H-pyrrole nitrogens is 1. The molecular formula is C16H22N2O2. The fourth-order valence-electron chi connectivity index (χ4n) is 2.45. The van der Waals surface area contributed by atoms with Gasteiger partial charge in [-0.2, -0.15) is 0 Å². The van der Waals surface area contributed by atoms with Crippen LogP contribution in [0.3, 0.4) is 0 Å². The molecule has 0 saturated carbocycles. The first-order chi connectivity index (χ1) is 9.72. The molecule has 0 fully saturated rings. The second-order valence-corrected chi connectivity index (χ2v) is 5.21. The zero-order valence-corrected chi connectivity index (χ0v) is 12.0. The van der Waals surface area contributed by atoms with Crippen molar-refractivity contribution in [1.29, 1.82) is 0 Å². The van der Waals surface area contributed by atoms with Gasteiger partial charge in [-0.05, 0) is 18.6 Å². The number of carboxylic acid groups (broad SMARTS) is 1. The maximum Gasteiger partial charge on any atom is 0.337 e. The number of carboxylic acids is 1. The Balaban J connectivity index is 1.95. The summed E-state index contributed by atoms with van der Waals surface area (Å²) in [5.74, 6) is -0.0302. The number of fused-ring (bicyclic) bond motifs is 1. The van der Waals surface area contributed by atoms with Crippen LogP contribution in [0.4, 0.5) is 0 Å². The summed E-state index contributed by atoms with van der Waals surface area (Å²) in [7, 11) is 0. The monoisotopic (exact) mass is 274 g/mol. The number of nitrogens with zero attached hydrogens (tertiary/aromatic N) is 1. The highest BCUT2D eigenvalue weighted by Crippen LogP contribution is 2.18. The summed E-state index contributed by atoms with van der Waals surface area (Å²) < 4.78 is 0. The summed E-state index contributed by atoms with van der Waals surface area (Å²) in [6.07, 6.45) is 8.36. The summed E-state index contributed by atoms with van der Waals surface area (Å²) in [6, 6.07) is 5.22. The Hall–Kier alpha value is -1.84. The normalized spacial score (nSPS) is 11.1. The highest BCUT2D eigenvalue weighted by Gasteiger charge is 2.11. The van der Waals surface area contributed by atoms with Gasteiger partial charge in [0.25, 0.3) is 0 Å². The second-order valence-electron chi connectivity index (χ2n) is 5.21. The third-order valence-electron chi connectivity index (χ3n) is 3.56. The van der Waals surface area contributed by atoms with Crippen molar-refractivity contribution in [2.24, 2.45) is 0 Å². The SMILES string of the molecule is CCCCCCCCc1nc2c(C(=O)O)cccc2[nH]1. The maximum absolute atomic E-state index is 11.1. The Morgan fingerprint density at radius 3 is 2.70 bits per heavy atom. The summed E-state index contributed by atoms with van der Waals surface area (Å²) >= 11 is 0. The molecule has 0 atom stereocenters. The summed E-state index contributed by atoms with van der Waals surface area (Å²) in [6.45, 7) is 2.22. The number of hydrogen-bond acceptors (Lipinski definition) is 2. The molecule has 0 spiro atoms. The molecule has 4 heteroatoms. The molecule has 0 saturated heterocycles. The lowest BCUT2D eigenvalue weighted by Crippen LogP contribution is -1.96. The number of hydrogen-bond donors (Lipinski definition) is 2. The van der Waals surface area contributed by atoms with Crippen LogP contribution in [0.1, 0.15) is 61.6 Å². The molecule has 0 aliphatic heterocycles. The van der Waals surface area contributed by atoms with Gasteiger partial charge in [-0.1, -0.05) is 45.1 Å². The molecule has 0 aliphatic carbocycles. The van der Waals surface area contributed by atoms with Crippen molar-refractivity contribution in [3.05, 3.63) is 29.6 Å². The van der Waals surface area contributed by atoms with E-state index in [4.69, 9.17) is 5.11 Å². The van der Waals surface area contributed by atoms with Crippen molar-refractivity contribution in [3.63, 3.8) is 0 Å². The molecule has 1 aromatic carbocycles. The van der Waals surface area contributed by atoms with Crippen molar-refractivity contribution in [2.45, 2.75) is 51.9 Å². The van der Waals surface area contributed by atoms with Crippen LogP contribution in [0.15, 0.2) is 18.2 Å². The Kier molecular flexibility index (Phi) is 5.16. The molecule has 0 unspecified atom stereocenters. The molecule has 2 rings (SSSR count). The lowest BCUT2D eigenvalue weighted by molar-refractivity contribution is 0.0699. The van der Waals surface area contributed by atoms with Crippen LogP contribution in [0.2, 0.25) is 0 Å². The Morgan fingerprint density at radius 2 is 1.95 bits per heavy atom. The minimum atomic E-state index is -0.923. The van der Waals surface area contributed by atoms with Crippen molar-refractivity contribution < 1.29 is 9.90 Å². The first-order valence-electron chi connectivity index (χ1n) is 7.43. The molecular weight excluding hydrogens is 252 g/mol. The van der Waals surface area contributed by atoms with Crippen molar-refractivity contribution in [1.82, 2.24) is 9.97 Å². The van der Waals surface area contributed by atoms with Crippen molar-refractivity contribution in [3.8, 4) is 0 Å². The predicted octanol–water partition coefficient (Wildman–Crippen LogP) is 4.16. The number of carbonyl (C=O) groups is 1. The molecule has 108 valence electrons. The number of aromatic carboxylic acids is 1. The number of rotatable bonds is 8. The summed E-state index contributed by atoms with van der Waals surface area (Å²) in [5.41, 5.74) is 1.65. The van der Waals surface area contributed by atoms with Crippen LogP contribution >= 0.6 is 0 Å². The van der Waals surface area contributed by atoms with Crippen LogP contribution in [-0.4, -0.2) is 21.0 Å². The number of aromatic amines is 1. The van der Waals surface area contributed by atoms with Crippen LogP contribution < -0.4 is 0 Å². The van der Waals surface area contributed by atoms with Gasteiger partial charge in [0.05, 0.1) is 11.1 Å². The van der Waals surface area contributed by atoms with E-state index in [-0.39, 0.29) is 5.56 Å². The van der Waals surface area contributed by atoms with E-state index in [1.807, 2.05) is 6.07 Å². The van der Waals surface area contributed by atoms with E-state index in [2.05, 4.69) is 16.9 Å². The van der Waals surface area contributed by atoms with E-state index in [1.165, 1.54) is 32.1 Å². The van der Waals surface area contributed by atoms with Gasteiger partial charge in [0.15, 0.2) is 0 Å². The zero-order chi connectivity index (χ0) is 14.4. The molecule has 1 heterocycles. The van der Waals surface area contributed by atoms with Crippen LogP contribution in [0, 0.1) is 0 Å². The minimum Gasteiger partial charge on any atom is -0.478 e. The van der Waals surface area contributed by atoms with Crippen LogP contribution in [0.5, 0.6) is 0 Å². The lowest BCUT2D eigenvalue weighted by Gasteiger charge is -1.98.